The van der Waals surface area contributed by atoms with Crippen molar-refractivity contribution in [1.29, 1.82) is 0 Å². The molecule has 3 unspecified atom stereocenters. The minimum atomic E-state index is -4.82. The number of piperidine rings is 3. The first-order valence-corrected chi connectivity index (χ1v) is 48.8. The van der Waals surface area contributed by atoms with Crippen LogP contribution < -0.4 is 64.6 Å². The number of urea groups is 3. The molecule has 9 rings (SSSR count). The van der Waals surface area contributed by atoms with Crippen molar-refractivity contribution in [2.75, 3.05) is 26.2 Å². The number of alkyl halides is 3. The third-order valence-corrected chi connectivity index (χ3v) is 27.8. The molecule has 0 spiro atoms. The Morgan fingerprint density at radius 1 is 0.396 bits per heavy atom. The van der Waals surface area contributed by atoms with E-state index >= 15 is 0 Å². The molecule has 41 heteroatoms. The second-order valence-electron chi connectivity index (χ2n) is 48.0. The highest BCUT2D eigenvalue weighted by Gasteiger charge is 2.73. The van der Waals surface area contributed by atoms with E-state index in [2.05, 4.69) is 47.9 Å². The summed E-state index contributed by atoms with van der Waals surface area (Å²) in [6, 6.07) is -16.1. The first-order valence-electron chi connectivity index (χ1n) is 48.8. The summed E-state index contributed by atoms with van der Waals surface area (Å²) in [6.45, 7) is 51.9. The fourth-order valence-electron chi connectivity index (χ4n) is 19.3. The maximum atomic E-state index is 14.3. The van der Waals surface area contributed by atoms with Crippen LogP contribution in [0.1, 0.15) is 284 Å². The van der Waals surface area contributed by atoms with Gasteiger partial charge in [-0.25, -0.2) is 28.8 Å². The molecule has 38 nitrogen and oxygen atoms in total. The van der Waals surface area contributed by atoms with Crippen molar-refractivity contribution in [2.45, 2.75) is 386 Å². The second-order valence-corrected chi connectivity index (χ2v) is 48.0. The van der Waals surface area contributed by atoms with Gasteiger partial charge in [0.1, 0.15) is 71.2 Å². The molecule has 784 valence electrons. The van der Waals surface area contributed by atoms with Gasteiger partial charge in [0, 0.05) is 26.2 Å². The van der Waals surface area contributed by atoms with E-state index in [1.165, 1.54) is 35.5 Å². The van der Waals surface area contributed by atoms with Crippen molar-refractivity contribution in [2.24, 2.45) is 103 Å². The average Bonchev–Trinajstić information content (AvgIpc) is 1.53. The number of hydrogen-bond donors (Lipinski definition) is 12. The van der Waals surface area contributed by atoms with E-state index in [0.717, 1.165) is 44.9 Å². The van der Waals surface area contributed by atoms with E-state index in [1.807, 2.05) is 46.9 Å². The predicted molar refractivity (Wildman–Crippen MR) is 503 cm³/mol. The molecule has 139 heavy (non-hydrogen) atoms. The van der Waals surface area contributed by atoms with Crippen molar-refractivity contribution in [1.82, 2.24) is 67.9 Å². The summed E-state index contributed by atoms with van der Waals surface area (Å²) in [4.78, 5) is 253. The topological polar surface area (TPSA) is 543 Å². The molecule has 9 fully saturated rings. The minimum Gasteiger partial charge on any atom is -0.461 e. The number of nitrogens with one attached hydrogen (secondary N) is 10. The number of amides is 15. The molecule has 3 saturated heterocycles. The molecule has 0 aromatic rings. The highest BCUT2D eigenvalue weighted by atomic mass is 19.4. The number of ether oxygens (including phenoxy) is 4. The molecule has 9 aliphatic rings. The maximum absolute atomic E-state index is 14.3. The van der Waals surface area contributed by atoms with Gasteiger partial charge in [-0.15, -0.1) is 0 Å². The van der Waals surface area contributed by atoms with E-state index < -0.39 is 231 Å². The zero-order valence-corrected chi connectivity index (χ0v) is 86.8. The number of halogens is 3. The van der Waals surface area contributed by atoms with E-state index in [0.29, 0.717) is 13.0 Å². The summed E-state index contributed by atoms with van der Waals surface area (Å²) in [5.41, 5.74) is 4.73. The predicted octanol–water partition coefficient (Wildman–Crippen LogP) is 7.08. The van der Waals surface area contributed by atoms with Gasteiger partial charge in [0.15, 0.2) is 0 Å². The van der Waals surface area contributed by atoms with E-state index in [-0.39, 0.29) is 127 Å². The summed E-state index contributed by atoms with van der Waals surface area (Å²) in [6.07, 6.45) is 0.396. The summed E-state index contributed by atoms with van der Waals surface area (Å²) >= 11 is 0. The Kier molecular flexibility index (Phi) is 36.7. The van der Waals surface area contributed by atoms with E-state index in [9.17, 15) is 104 Å². The SMILES string of the molecule is CC(C)(C)OC(=O)C(CC(F)(F)F)NC(=O)N[C@H](C(=O)N1C[C@H]2[C@@H]([C@H]1C(=O)NC(CC1CCC1)C(=O)C(N)=O)C2(C)C)C(C)(C)C.CC(C)OC(=O)[C@@H](NC(=O)N[C@H](C(=O)N1C[C@H]2[C@@H]([C@H]1C(=O)N[C@@H](CC1CC1)C(=O)C(=O)NCCC(=O)OC(C)(C)C)C2(C)C)C(C)(C)C)C(C)C.CC[C@H](NC(=O)N[C@H](C(=O)N1C[C@H]2[C@@H]([C@H]1C(=O)NC(CC1CC1)C(=O)C(N)=O)C2(C)C)C(C)(C)C)C(=O)OC(C)(C)C. The number of nitrogens with two attached hydrogens (primary N) is 2. The highest BCUT2D eigenvalue weighted by Crippen LogP contribution is 2.67. The molecule has 0 aromatic carbocycles. The normalized spacial score (nSPS) is 23.9. The molecule has 6 saturated carbocycles. The number of fused-ring (bicyclic) bond motifs is 3. The van der Waals surface area contributed by atoms with Crippen molar-refractivity contribution >= 4 is 112 Å². The largest absolute Gasteiger partial charge is 0.461 e. The first kappa shape index (κ1) is 116. The maximum Gasteiger partial charge on any atom is 0.391 e. The zero-order valence-electron chi connectivity index (χ0n) is 86.8. The number of carbonyl (C=O) groups is 19. The number of rotatable bonds is 37. The third kappa shape index (κ3) is 31.4. The standard InChI is InChI=1S/C37H61N5O9.C31H48F3N5O7.C30H49N5O7/c1-19(2)26(33(48)50-20(3)4)40-34(49)41-29(35(5,6)7)32(47)42-18-22-25(37(22,11)12)27(42)30(45)39-23(17-21-13-14-21)28(44)31(46)38-16-15-24(43)51-36(8,9)10;1-28(2,3)22(38-27(45)37-18(13-31(32,33)34)26(44)46-29(4,5)6)25(43)39-14-16-19(30(16,7)8)20(39)24(42)36-17(21(40)23(35)41)12-15-10-9-11-15;1-10-17(26(40)42-29(5,6)7)33-27(41)34-22(28(2,3)4)25(39)35-14-16-19(30(16,8)9)20(35)24(38)32-18(13-15-11-12-15)21(36)23(31)37/h19-23,25-27,29H,13-18H2,1-12H3,(H,38,46)(H,39,45)(H2,40,41,49);15-20,22H,9-14H2,1-8H3,(H2,35,41)(H,36,42)(H2,37,38,45);15-20,22H,10-14H2,1-9H3,(H2,31,37)(H,32,38)(H2,33,34,41)/t22-,23-,25-,26-,27-,29+;16-,17?,18?,19-,20-,22+;16-,17-,18?,19-,20-,22+/m000/s1. The van der Waals surface area contributed by atoms with E-state index in [1.54, 1.807) is 138 Å². The molecule has 14 N–H and O–H groups in total. The van der Waals surface area contributed by atoms with Crippen LogP contribution in [-0.2, 0) is 95.7 Å². The van der Waals surface area contributed by atoms with Crippen LogP contribution in [-0.4, -0.2) is 255 Å². The second kappa shape index (κ2) is 44.1. The lowest BCUT2D eigenvalue weighted by molar-refractivity contribution is -0.170. The molecule has 18 atom stereocenters. The first-order chi connectivity index (χ1) is 63.4. The Bertz CT molecular complexity index is 4610. The number of hydrogen-bond acceptors (Lipinski definition) is 23. The van der Waals surface area contributed by atoms with Crippen LogP contribution in [0.4, 0.5) is 27.6 Å². The summed E-state index contributed by atoms with van der Waals surface area (Å²) in [5.74, 6) is -12.3. The number of nitrogens with zero attached hydrogens (tertiary/aromatic N) is 3. The summed E-state index contributed by atoms with van der Waals surface area (Å²) in [7, 11) is 0. The van der Waals surface area contributed by atoms with Gasteiger partial charge in [0.25, 0.3) is 17.7 Å². The van der Waals surface area contributed by atoms with Gasteiger partial charge in [-0.2, -0.15) is 13.2 Å². The molecular weight excluding hydrogens is 1810 g/mol. The van der Waals surface area contributed by atoms with Gasteiger partial charge < -0.3 is 98.3 Å². The summed E-state index contributed by atoms with van der Waals surface area (Å²) < 4.78 is 61.0. The quantitative estimate of drug-likeness (QED) is 0.0168. The molecule has 0 bridgehead atoms. The molecular formula is C98H158F3N15O23. The van der Waals surface area contributed by atoms with Crippen LogP contribution >= 0.6 is 0 Å². The molecule has 0 aromatic heterocycles. The van der Waals surface area contributed by atoms with Crippen LogP contribution in [0.25, 0.3) is 0 Å². The number of ketones is 3. The van der Waals surface area contributed by atoms with Crippen molar-refractivity contribution in [3.05, 3.63) is 0 Å². The van der Waals surface area contributed by atoms with Crippen molar-refractivity contribution < 1.29 is 123 Å². The number of primary amides is 2. The van der Waals surface area contributed by atoms with E-state index in [4.69, 9.17) is 30.4 Å². The lowest BCUT2D eigenvalue weighted by atomic mass is 9.80. The van der Waals surface area contributed by atoms with Crippen LogP contribution in [0.2, 0.25) is 0 Å². The van der Waals surface area contributed by atoms with Crippen LogP contribution in [0, 0.1) is 91.7 Å². The number of carbonyl (C=O) groups excluding carboxylic acids is 19. The lowest BCUT2D eigenvalue weighted by Crippen LogP contribution is -2.62. The van der Waals surface area contributed by atoms with Crippen LogP contribution in [0.3, 0.4) is 0 Å². The molecule has 3 heterocycles. The molecule has 15 amide bonds. The van der Waals surface area contributed by atoms with Crippen molar-refractivity contribution in [3.8, 4) is 0 Å². The third-order valence-electron chi connectivity index (χ3n) is 27.8. The Morgan fingerprint density at radius 2 is 0.705 bits per heavy atom. The van der Waals surface area contributed by atoms with Gasteiger partial charge in [0.2, 0.25) is 52.8 Å². The van der Waals surface area contributed by atoms with Crippen LogP contribution in [0.5, 0.6) is 0 Å². The van der Waals surface area contributed by atoms with Crippen LogP contribution in [0.15, 0.2) is 0 Å². The number of likely N-dealkylation sites (tertiary alicyclic amines) is 3. The Balaban J connectivity index is 0.000000285. The number of Topliss-reactive ketones (excluding diaryl/α,β-unsaturated/α-hetero) is 3. The lowest BCUT2D eigenvalue weighted by Gasteiger charge is -2.38. The number of esters is 4. The minimum absolute atomic E-state index is 0.0245. The van der Waals surface area contributed by atoms with Crippen molar-refractivity contribution in [3.63, 3.8) is 0 Å². The zero-order chi connectivity index (χ0) is 106. The van der Waals surface area contributed by atoms with Gasteiger partial charge in [-0.05, 0) is 194 Å². The fourth-order valence-corrected chi connectivity index (χ4v) is 19.3. The van der Waals surface area contributed by atoms with Gasteiger partial charge in [0.05, 0.1) is 37.1 Å². The Hall–Kier alpha value is -10.3. The smallest absolute Gasteiger partial charge is 0.391 e. The Labute approximate surface area is 815 Å². The monoisotopic (exact) mass is 1970 g/mol. The fraction of sp³-hybridized carbons (Fsp3) is 0.806. The van der Waals surface area contributed by atoms with Gasteiger partial charge in [-0.1, -0.05) is 170 Å². The summed E-state index contributed by atoms with van der Waals surface area (Å²) in [5, 5.41) is 25.9. The Morgan fingerprint density at radius 3 is 0.978 bits per heavy atom. The average molecular weight is 1970 g/mol. The highest BCUT2D eigenvalue weighted by molar-refractivity contribution is 6.39. The molecule has 0 radical (unpaired) electrons. The molecule has 6 aliphatic carbocycles. The van der Waals surface area contributed by atoms with Gasteiger partial charge >= 0.3 is 48.1 Å². The van der Waals surface area contributed by atoms with Gasteiger partial charge in [-0.3, -0.25) is 62.3 Å². The molecule has 3 aliphatic heterocycles.